The van der Waals surface area contributed by atoms with Crippen molar-refractivity contribution in [3.8, 4) is 0 Å². The number of rotatable bonds is 5. The zero-order chi connectivity index (χ0) is 19.8. The molecule has 27 heavy (non-hydrogen) atoms. The number of carbonyl (C=O) groups excluding carboxylic acids is 1. The van der Waals surface area contributed by atoms with Gasteiger partial charge in [-0.2, -0.15) is 13.2 Å². The van der Waals surface area contributed by atoms with Crippen molar-refractivity contribution in [1.82, 2.24) is 0 Å². The van der Waals surface area contributed by atoms with E-state index in [-0.39, 0.29) is 17.5 Å². The molecule has 1 aliphatic carbocycles. The molecule has 2 N–H and O–H groups in total. The standard InChI is InChI=1S/C17H14ClF3N2O3S/c18-15-7-6-13(9-14(15)17(19,20)21)27(25,26)23-12-3-1-2-11(8-12)22-16(24)10-4-5-10/h1-3,6-10,23H,4-5H2,(H,22,24). The Morgan fingerprint density at radius 3 is 2.37 bits per heavy atom. The van der Waals surface area contributed by atoms with Gasteiger partial charge in [0.25, 0.3) is 10.0 Å². The van der Waals surface area contributed by atoms with Crippen LogP contribution in [0.5, 0.6) is 0 Å². The lowest BCUT2D eigenvalue weighted by atomic mass is 10.2. The molecule has 0 saturated heterocycles. The van der Waals surface area contributed by atoms with Gasteiger partial charge in [0.15, 0.2) is 0 Å². The fourth-order valence-corrected chi connectivity index (χ4v) is 3.65. The monoisotopic (exact) mass is 418 g/mol. The van der Waals surface area contributed by atoms with Crippen molar-refractivity contribution in [3.63, 3.8) is 0 Å². The number of alkyl halides is 3. The van der Waals surface area contributed by atoms with Crippen molar-refractivity contribution in [2.75, 3.05) is 10.0 Å². The topological polar surface area (TPSA) is 75.3 Å². The van der Waals surface area contributed by atoms with E-state index >= 15 is 0 Å². The van der Waals surface area contributed by atoms with Gasteiger partial charge in [0.2, 0.25) is 5.91 Å². The van der Waals surface area contributed by atoms with Crippen molar-refractivity contribution in [2.45, 2.75) is 23.9 Å². The molecule has 0 atom stereocenters. The van der Waals surface area contributed by atoms with E-state index in [0.717, 1.165) is 25.0 Å². The van der Waals surface area contributed by atoms with Crippen LogP contribution < -0.4 is 10.0 Å². The predicted octanol–water partition coefficient (Wildman–Crippen LogP) is 4.51. The summed E-state index contributed by atoms with van der Waals surface area (Å²) in [6.07, 6.45) is -3.15. The van der Waals surface area contributed by atoms with Crippen LogP contribution in [0.2, 0.25) is 5.02 Å². The smallest absolute Gasteiger partial charge is 0.326 e. The van der Waals surface area contributed by atoms with E-state index in [4.69, 9.17) is 11.6 Å². The second-order valence-corrected chi connectivity index (χ2v) is 8.18. The molecule has 10 heteroatoms. The van der Waals surface area contributed by atoms with Crippen molar-refractivity contribution >= 4 is 38.9 Å². The zero-order valence-electron chi connectivity index (χ0n) is 13.7. The van der Waals surface area contributed by atoms with Gasteiger partial charge in [-0.15, -0.1) is 0 Å². The molecular formula is C17H14ClF3N2O3S. The molecule has 0 radical (unpaired) electrons. The van der Waals surface area contributed by atoms with Crippen LogP contribution in [0.15, 0.2) is 47.4 Å². The molecular weight excluding hydrogens is 405 g/mol. The number of hydrogen-bond acceptors (Lipinski definition) is 3. The van der Waals surface area contributed by atoms with Gasteiger partial charge in [0, 0.05) is 11.6 Å². The first kappa shape index (κ1) is 19.5. The fourth-order valence-electron chi connectivity index (χ4n) is 2.35. The summed E-state index contributed by atoms with van der Waals surface area (Å²) in [6.45, 7) is 0. The molecule has 0 unspecified atom stereocenters. The minimum atomic E-state index is -4.78. The number of anilines is 2. The van der Waals surface area contributed by atoms with Crippen molar-refractivity contribution in [1.29, 1.82) is 0 Å². The Morgan fingerprint density at radius 2 is 1.74 bits per heavy atom. The van der Waals surface area contributed by atoms with E-state index in [2.05, 4.69) is 10.0 Å². The van der Waals surface area contributed by atoms with E-state index in [1.54, 1.807) is 6.07 Å². The zero-order valence-corrected chi connectivity index (χ0v) is 15.3. The Hall–Kier alpha value is -2.26. The number of sulfonamides is 1. The Kier molecular flexibility index (Phi) is 5.09. The van der Waals surface area contributed by atoms with Crippen LogP contribution in [0.25, 0.3) is 0 Å². The fraction of sp³-hybridized carbons (Fsp3) is 0.235. The van der Waals surface area contributed by atoms with E-state index in [9.17, 15) is 26.4 Å². The summed E-state index contributed by atoms with van der Waals surface area (Å²) in [5.41, 5.74) is -0.746. The molecule has 0 spiro atoms. The Labute approximate surface area is 158 Å². The van der Waals surface area contributed by atoms with Gasteiger partial charge in [-0.05, 0) is 49.2 Å². The van der Waals surface area contributed by atoms with Crippen LogP contribution in [-0.2, 0) is 21.0 Å². The molecule has 0 bridgehead atoms. The third kappa shape index (κ3) is 4.72. The molecule has 2 aromatic rings. The summed E-state index contributed by atoms with van der Waals surface area (Å²) >= 11 is 5.52. The lowest BCUT2D eigenvalue weighted by Crippen LogP contribution is -2.16. The molecule has 0 heterocycles. The van der Waals surface area contributed by atoms with Crippen molar-refractivity contribution in [2.24, 2.45) is 5.92 Å². The molecule has 0 aromatic heterocycles. The highest BCUT2D eigenvalue weighted by molar-refractivity contribution is 7.92. The van der Waals surface area contributed by atoms with Crippen LogP contribution in [-0.4, -0.2) is 14.3 Å². The Bertz CT molecular complexity index is 989. The van der Waals surface area contributed by atoms with Gasteiger partial charge in [-0.25, -0.2) is 8.42 Å². The first-order chi connectivity index (χ1) is 12.6. The maximum Gasteiger partial charge on any atom is 0.417 e. The van der Waals surface area contributed by atoms with Crippen LogP contribution in [0.1, 0.15) is 18.4 Å². The Morgan fingerprint density at radius 1 is 1.07 bits per heavy atom. The highest BCUT2D eigenvalue weighted by atomic mass is 35.5. The largest absolute Gasteiger partial charge is 0.417 e. The number of halogens is 4. The minimum Gasteiger partial charge on any atom is -0.326 e. The highest BCUT2D eigenvalue weighted by Crippen LogP contribution is 2.36. The molecule has 1 saturated carbocycles. The lowest BCUT2D eigenvalue weighted by molar-refractivity contribution is -0.137. The normalized spacial score (nSPS) is 14.7. The van der Waals surface area contributed by atoms with Crippen LogP contribution in [0.3, 0.4) is 0 Å². The number of hydrogen-bond donors (Lipinski definition) is 2. The van der Waals surface area contributed by atoms with Gasteiger partial charge in [-0.3, -0.25) is 9.52 Å². The van der Waals surface area contributed by atoms with Crippen LogP contribution in [0.4, 0.5) is 24.5 Å². The van der Waals surface area contributed by atoms with Crippen molar-refractivity contribution in [3.05, 3.63) is 53.1 Å². The SMILES string of the molecule is O=C(Nc1cccc(NS(=O)(=O)c2ccc(Cl)c(C(F)(F)F)c2)c1)C1CC1. The van der Waals surface area contributed by atoms with E-state index in [1.165, 1.54) is 18.2 Å². The predicted molar refractivity (Wildman–Crippen MR) is 95.1 cm³/mol. The second kappa shape index (κ2) is 7.05. The van der Waals surface area contributed by atoms with Gasteiger partial charge >= 0.3 is 6.18 Å². The van der Waals surface area contributed by atoms with Crippen LogP contribution in [0, 0.1) is 5.92 Å². The summed E-state index contributed by atoms with van der Waals surface area (Å²) in [7, 11) is -4.28. The third-order valence-corrected chi connectivity index (χ3v) is 5.59. The first-order valence-electron chi connectivity index (χ1n) is 7.87. The summed E-state index contributed by atoms with van der Waals surface area (Å²) in [5, 5.41) is 2.07. The summed E-state index contributed by atoms with van der Waals surface area (Å²) in [4.78, 5) is 11.2. The number of carbonyl (C=O) groups is 1. The van der Waals surface area contributed by atoms with Crippen molar-refractivity contribution < 1.29 is 26.4 Å². The molecule has 0 aliphatic heterocycles. The first-order valence-corrected chi connectivity index (χ1v) is 9.73. The van der Waals surface area contributed by atoms with Crippen LogP contribution >= 0.6 is 11.6 Å². The minimum absolute atomic E-state index is 0.0276. The highest BCUT2D eigenvalue weighted by Gasteiger charge is 2.34. The van der Waals surface area contributed by atoms with Gasteiger partial charge in [-0.1, -0.05) is 17.7 Å². The van der Waals surface area contributed by atoms with E-state index < -0.39 is 31.7 Å². The summed E-state index contributed by atoms with van der Waals surface area (Å²) in [5.74, 6) is -0.178. The number of benzene rings is 2. The molecule has 3 rings (SSSR count). The molecule has 2 aromatic carbocycles. The summed E-state index contributed by atoms with van der Waals surface area (Å²) in [6, 6.07) is 8.25. The van der Waals surface area contributed by atoms with Gasteiger partial charge < -0.3 is 5.32 Å². The Balaban J connectivity index is 1.83. The maximum absolute atomic E-state index is 12.9. The lowest BCUT2D eigenvalue weighted by Gasteiger charge is -2.13. The third-order valence-electron chi connectivity index (χ3n) is 3.88. The molecule has 5 nitrogen and oxygen atoms in total. The van der Waals surface area contributed by atoms with E-state index in [1.807, 2.05) is 0 Å². The average Bonchev–Trinajstić information content (AvgIpc) is 3.38. The molecule has 1 amide bonds. The number of nitrogens with one attached hydrogen (secondary N) is 2. The number of amides is 1. The van der Waals surface area contributed by atoms with E-state index in [0.29, 0.717) is 11.8 Å². The van der Waals surface area contributed by atoms with Gasteiger partial charge in [0.05, 0.1) is 21.2 Å². The second-order valence-electron chi connectivity index (χ2n) is 6.09. The van der Waals surface area contributed by atoms with Gasteiger partial charge in [0.1, 0.15) is 0 Å². The molecule has 1 aliphatic rings. The quantitative estimate of drug-likeness (QED) is 0.750. The summed E-state index contributed by atoms with van der Waals surface area (Å²) < 4.78 is 65.9. The maximum atomic E-state index is 12.9. The molecule has 1 fully saturated rings. The molecule has 144 valence electrons. The average molecular weight is 419 g/mol.